The molecule has 1 saturated heterocycles. The number of nitrogens with zero attached hydrogens (tertiary/aromatic N) is 4. The summed E-state index contributed by atoms with van der Waals surface area (Å²) < 4.78 is 39.1. The van der Waals surface area contributed by atoms with Gasteiger partial charge in [0.05, 0.1) is 37.2 Å². The lowest BCUT2D eigenvalue weighted by atomic mass is 10.2. The molecule has 0 saturated carbocycles. The number of amides is 3. The number of carbonyl (C=O) groups excluding carboxylic acids is 2. The second-order valence-electron chi connectivity index (χ2n) is 7.11. The quantitative estimate of drug-likeness (QED) is 0.398. The van der Waals surface area contributed by atoms with Crippen LogP contribution in [0.5, 0.6) is 0 Å². The first-order chi connectivity index (χ1) is 16.2. The van der Waals surface area contributed by atoms with Crippen molar-refractivity contribution in [2.75, 3.05) is 54.6 Å². The molecule has 1 atom stereocenters. The standard InChI is InChI=1S/C19H23F3N6O5S/c20-14-9-12(27(32)11-13(29)10-24-17(30)16(21)22)1-2-15(14)26-4-5-28(33-7-6-26)19(31)25-18-23-3-8-34-18/h1-3,8-9,13,16,29,32H,4-7,10-11H2,(H,24,30)(H,23,25,31)/t13-/m0/s1. The molecule has 1 aromatic heterocycles. The monoisotopic (exact) mass is 504 g/mol. The van der Waals surface area contributed by atoms with Crippen LogP contribution < -0.4 is 20.6 Å². The molecule has 0 aliphatic carbocycles. The normalized spacial score (nSPS) is 15.1. The highest BCUT2D eigenvalue weighted by molar-refractivity contribution is 7.13. The van der Waals surface area contributed by atoms with Gasteiger partial charge in [-0.2, -0.15) is 8.78 Å². The first kappa shape index (κ1) is 25.5. The van der Waals surface area contributed by atoms with E-state index in [4.69, 9.17) is 4.84 Å². The van der Waals surface area contributed by atoms with Gasteiger partial charge < -0.3 is 15.3 Å². The third kappa shape index (κ3) is 6.93. The highest BCUT2D eigenvalue weighted by atomic mass is 32.1. The molecule has 2 aromatic rings. The van der Waals surface area contributed by atoms with Crippen LogP contribution in [0.1, 0.15) is 0 Å². The van der Waals surface area contributed by atoms with E-state index in [1.54, 1.807) is 16.5 Å². The summed E-state index contributed by atoms with van der Waals surface area (Å²) in [6, 6.07) is 3.37. The summed E-state index contributed by atoms with van der Waals surface area (Å²) in [5.41, 5.74) is 0.226. The molecule has 1 fully saturated rings. The van der Waals surface area contributed by atoms with Gasteiger partial charge in [-0.05, 0) is 12.1 Å². The van der Waals surface area contributed by atoms with Crippen LogP contribution in [-0.2, 0) is 9.63 Å². The van der Waals surface area contributed by atoms with Crippen LogP contribution in [0.3, 0.4) is 0 Å². The fourth-order valence-corrected chi connectivity index (χ4v) is 3.59. The number of benzene rings is 1. The average molecular weight is 504 g/mol. The van der Waals surface area contributed by atoms with Crippen molar-refractivity contribution in [1.29, 1.82) is 0 Å². The molecule has 34 heavy (non-hydrogen) atoms. The minimum absolute atomic E-state index is 0.0102. The lowest BCUT2D eigenvalue weighted by Gasteiger charge is -2.25. The zero-order valence-electron chi connectivity index (χ0n) is 17.7. The van der Waals surface area contributed by atoms with Crippen LogP contribution in [-0.4, -0.2) is 84.2 Å². The Hall–Kier alpha value is -3.14. The van der Waals surface area contributed by atoms with Crippen molar-refractivity contribution in [3.63, 3.8) is 0 Å². The minimum Gasteiger partial charge on any atom is -0.389 e. The molecule has 2 heterocycles. The van der Waals surface area contributed by atoms with Crippen LogP contribution in [0.4, 0.5) is 34.5 Å². The Balaban J connectivity index is 1.54. The number of aliphatic hydroxyl groups is 1. The van der Waals surface area contributed by atoms with Gasteiger partial charge in [0, 0.05) is 37.3 Å². The second kappa shape index (κ2) is 11.8. The number of urea groups is 1. The first-order valence-corrected chi connectivity index (χ1v) is 11.0. The highest BCUT2D eigenvalue weighted by Gasteiger charge is 2.23. The number of anilines is 3. The van der Waals surface area contributed by atoms with Gasteiger partial charge in [0.15, 0.2) is 5.13 Å². The van der Waals surface area contributed by atoms with Crippen LogP contribution in [0, 0.1) is 5.82 Å². The molecule has 15 heteroatoms. The molecule has 1 aromatic carbocycles. The number of hydrogen-bond acceptors (Lipinski definition) is 9. The SMILES string of the molecule is O=C(NC[C@H](O)CN(O)c1ccc(N2CCON(C(=O)Nc3nccs3)CC2)c(F)c1)C(F)F. The molecule has 186 valence electrons. The summed E-state index contributed by atoms with van der Waals surface area (Å²) in [7, 11) is 0. The molecule has 3 amide bonds. The van der Waals surface area contributed by atoms with Crippen molar-refractivity contribution in [3.05, 3.63) is 35.6 Å². The van der Waals surface area contributed by atoms with E-state index < -0.39 is 43.4 Å². The second-order valence-corrected chi connectivity index (χ2v) is 8.00. The van der Waals surface area contributed by atoms with Crippen molar-refractivity contribution in [3.8, 4) is 0 Å². The maximum absolute atomic E-state index is 14.8. The Morgan fingerprint density at radius 2 is 2.09 bits per heavy atom. The molecule has 11 nitrogen and oxygen atoms in total. The van der Waals surface area contributed by atoms with Gasteiger partial charge in [-0.1, -0.05) is 0 Å². The number of thiazole rings is 1. The zero-order valence-corrected chi connectivity index (χ0v) is 18.6. The van der Waals surface area contributed by atoms with E-state index in [9.17, 15) is 33.1 Å². The van der Waals surface area contributed by atoms with Gasteiger partial charge in [0.25, 0.3) is 5.91 Å². The van der Waals surface area contributed by atoms with Gasteiger partial charge in [-0.25, -0.2) is 19.2 Å². The Labute approximate surface area is 196 Å². The lowest BCUT2D eigenvalue weighted by Crippen LogP contribution is -2.41. The maximum atomic E-state index is 14.8. The molecule has 0 unspecified atom stereocenters. The van der Waals surface area contributed by atoms with Crippen LogP contribution in [0.25, 0.3) is 0 Å². The van der Waals surface area contributed by atoms with Crippen molar-refractivity contribution in [2.24, 2.45) is 0 Å². The van der Waals surface area contributed by atoms with E-state index in [2.05, 4.69) is 10.3 Å². The molecule has 0 spiro atoms. The number of aromatic nitrogens is 1. The molecule has 0 bridgehead atoms. The Morgan fingerprint density at radius 1 is 1.29 bits per heavy atom. The molecular weight excluding hydrogens is 481 g/mol. The zero-order chi connectivity index (χ0) is 24.7. The van der Waals surface area contributed by atoms with Gasteiger partial charge >= 0.3 is 12.5 Å². The minimum atomic E-state index is -3.22. The summed E-state index contributed by atoms with van der Waals surface area (Å²) in [6.45, 7) is -0.129. The van der Waals surface area contributed by atoms with Crippen molar-refractivity contribution < 1.29 is 37.9 Å². The van der Waals surface area contributed by atoms with E-state index in [0.717, 1.165) is 11.1 Å². The third-order valence-electron chi connectivity index (χ3n) is 4.72. The van der Waals surface area contributed by atoms with Gasteiger partial charge in [0.2, 0.25) is 0 Å². The summed E-state index contributed by atoms with van der Waals surface area (Å²) >= 11 is 1.26. The number of aliphatic hydroxyl groups excluding tert-OH is 1. The summed E-state index contributed by atoms with van der Waals surface area (Å²) in [4.78, 5) is 34.2. The number of hydroxylamine groups is 3. The Morgan fingerprint density at radius 3 is 2.76 bits per heavy atom. The summed E-state index contributed by atoms with van der Waals surface area (Å²) in [5.74, 6) is -2.21. The Bertz CT molecular complexity index is 970. The van der Waals surface area contributed by atoms with Gasteiger partial charge in [-0.15, -0.1) is 11.3 Å². The summed E-state index contributed by atoms with van der Waals surface area (Å²) in [6.07, 6.45) is -3.04. The van der Waals surface area contributed by atoms with Crippen molar-refractivity contribution in [2.45, 2.75) is 12.5 Å². The number of carbonyl (C=O) groups is 2. The highest BCUT2D eigenvalue weighted by Crippen LogP contribution is 2.25. The van der Waals surface area contributed by atoms with Crippen molar-refractivity contribution >= 4 is 39.8 Å². The fourth-order valence-electron chi connectivity index (χ4n) is 3.07. The topological polar surface area (TPSA) is 130 Å². The first-order valence-electron chi connectivity index (χ1n) is 10.1. The Kier molecular flexibility index (Phi) is 8.86. The van der Waals surface area contributed by atoms with Crippen LogP contribution in [0.2, 0.25) is 0 Å². The molecule has 0 radical (unpaired) electrons. The molecular formula is C19H23F3N6O5S. The molecule has 1 aliphatic heterocycles. The summed E-state index contributed by atoms with van der Waals surface area (Å²) in [5, 5.41) is 28.1. The lowest BCUT2D eigenvalue weighted by molar-refractivity contribution is -0.132. The van der Waals surface area contributed by atoms with E-state index in [1.165, 1.54) is 23.5 Å². The van der Waals surface area contributed by atoms with E-state index >= 15 is 0 Å². The number of alkyl halides is 2. The van der Waals surface area contributed by atoms with Crippen LogP contribution >= 0.6 is 11.3 Å². The van der Waals surface area contributed by atoms with E-state index in [-0.39, 0.29) is 31.1 Å². The van der Waals surface area contributed by atoms with Gasteiger partial charge in [-0.3, -0.25) is 25.2 Å². The number of rotatable bonds is 8. The number of halogens is 3. The molecule has 1 aliphatic rings. The van der Waals surface area contributed by atoms with Gasteiger partial charge in [0.1, 0.15) is 5.82 Å². The predicted molar refractivity (Wildman–Crippen MR) is 117 cm³/mol. The van der Waals surface area contributed by atoms with E-state index in [0.29, 0.717) is 16.7 Å². The number of nitrogens with one attached hydrogen (secondary N) is 2. The predicted octanol–water partition coefficient (Wildman–Crippen LogP) is 1.51. The van der Waals surface area contributed by atoms with Crippen molar-refractivity contribution in [1.82, 2.24) is 15.4 Å². The smallest absolute Gasteiger partial charge is 0.347 e. The van der Waals surface area contributed by atoms with E-state index in [1.807, 2.05) is 5.32 Å². The average Bonchev–Trinajstić information content (AvgIpc) is 3.18. The third-order valence-corrected chi connectivity index (χ3v) is 5.41. The maximum Gasteiger partial charge on any atom is 0.347 e. The van der Waals surface area contributed by atoms with Crippen LogP contribution in [0.15, 0.2) is 29.8 Å². The number of hydrogen-bond donors (Lipinski definition) is 4. The fraction of sp³-hybridized carbons (Fsp3) is 0.421. The molecule has 4 N–H and O–H groups in total. The largest absolute Gasteiger partial charge is 0.389 e. The molecule has 3 rings (SSSR count).